The van der Waals surface area contributed by atoms with Gasteiger partial charge in [0, 0.05) is 12.1 Å². The quantitative estimate of drug-likeness (QED) is 0.680. The normalized spacial score (nSPS) is 11.1. The molecule has 1 N–H and O–H groups in total. The van der Waals surface area contributed by atoms with Gasteiger partial charge in [0.15, 0.2) is 0 Å². The van der Waals surface area contributed by atoms with Crippen molar-refractivity contribution in [2.24, 2.45) is 0 Å². The van der Waals surface area contributed by atoms with Crippen molar-refractivity contribution in [1.29, 1.82) is 0 Å². The highest BCUT2D eigenvalue weighted by atomic mass is 19.4. The zero-order valence-corrected chi connectivity index (χ0v) is 11.2. The smallest absolute Gasteiger partial charge is 0.478 e. The Labute approximate surface area is 126 Å². The second-order valence-corrected chi connectivity index (χ2v) is 4.36. The SMILES string of the molecule is O=C(O)c1cc([N+](=O)[O-])ccc1-c1ccc(OC(F)(F)F)cc1. The summed E-state index contributed by atoms with van der Waals surface area (Å²) in [5, 5.41) is 19.8. The van der Waals surface area contributed by atoms with Gasteiger partial charge in [-0.15, -0.1) is 13.2 Å². The summed E-state index contributed by atoms with van der Waals surface area (Å²) in [6.45, 7) is 0. The molecule has 0 saturated heterocycles. The molecule has 0 aliphatic carbocycles. The van der Waals surface area contributed by atoms with Gasteiger partial charge >= 0.3 is 12.3 Å². The van der Waals surface area contributed by atoms with Crippen LogP contribution >= 0.6 is 0 Å². The summed E-state index contributed by atoms with van der Waals surface area (Å²) in [5.74, 6) is -1.85. The molecule has 0 fully saturated rings. The van der Waals surface area contributed by atoms with Gasteiger partial charge in [-0.25, -0.2) is 4.79 Å². The van der Waals surface area contributed by atoms with Crippen LogP contribution in [0.15, 0.2) is 42.5 Å². The van der Waals surface area contributed by atoms with Crippen molar-refractivity contribution in [3.05, 3.63) is 58.1 Å². The Morgan fingerprint density at radius 3 is 2.22 bits per heavy atom. The lowest BCUT2D eigenvalue weighted by molar-refractivity contribution is -0.384. The predicted octanol–water partition coefficient (Wildman–Crippen LogP) is 3.86. The van der Waals surface area contributed by atoms with Crippen LogP contribution in [0.4, 0.5) is 18.9 Å². The maximum Gasteiger partial charge on any atom is 0.573 e. The Hall–Kier alpha value is -3.10. The Morgan fingerprint density at radius 2 is 1.74 bits per heavy atom. The first kappa shape index (κ1) is 16.3. The number of carboxylic acids is 1. The molecule has 9 heteroatoms. The van der Waals surface area contributed by atoms with Crippen molar-refractivity contribution >= 4 is 11.7 Å². The number of carboxylic acid groups (broad SMARTS) is 1. The monoisotopic (exact) mass is 327 g/mol. The van der Waals surface area contributed by atoms with E-state index in [0.29, 0.717) is 0 Å². The van der Waals surface area contributed by atoms with E-state index in [-0.39, 0.29) is 16.7 Å². The number of hydrogen-bond donors (Lipinski definition) is 1. The first-order valence-electron chi connectivity index (χ1n) is 6.05. The molecule has 0 aliphatic heterocycles. The third kappa shape index (κ3) is 3.96. The molecule has 2 aromatic carbocycles. The summed E-state index contributed by atoms with van der Waals surface area (Å²) in [5.41, 5.74) is -0.305. The van der Waals surface area contributed by atoms with Crippen LogP contribution < -0.4 is 4.74 Å². The van der Waals surface area contributed by atoms with Gasteiger partial charge in [0.2, 0.25) is 0 Å². The second kappa shape index (κ2) is 5.95. The number of rotatable bonds is 4. The summed E-state index contributed by atoms with van der Waals surface area (Å²) in [4.78, 5) is 21.2. The van der Waals surface area contributed by atoms with Crippen LogP contribution in [0, 0.1) is 10.1 Å². The fourth-order valence-corrected chi connectivity index (χ4v) is 1.91. The van der Waals surface area contributed by atoms with Crippen molar-refractivity contribution in [2.45, 2.75) is 6.36 Å². The van der Waals surface area contributed by atoms with Crippen molar-refractivity contribution in [3.8, 4) is 16.9 Å². The number of benzene rings is 2. The zero-order valence-electron chi connectivity index (χ0n) is 11.2. The van der Waals surface area contributed by atoms with Crippen LogP contribution in [0.5, 0.6) is 5.75 Å². The van der Waals surface area contributed by atoms with Crippen molar-refractivity contribution in [1.82, 2.24) is 0 Å². The Morgan fingerprint density at radius 1 is 1.13 bits per heavy atom. The molecule has 120 valence electrons. The Balaban J connectivity index is 2.42. The number of aromatic carboxylic acids is 1. The molecule has 0 atom stereocenters. The van der Waals surface area contributed by atoms with Crippen LogP contribution in [0.3, 0.4) is 0 Å². The van der Waals surface area contributed by atoms with Crippen LogP contribution in [0.1, 0.15) is 10.4 Å². The minimum absolute atomic E-state index is 0.140. The number of nitrogens with zero attached hydrogens (tertiary/aromatic N) is 1. The molecule has 0 bridgehead atoms. The zero-order chi connectivity index (χ0) is 17.2. The molecule has 0 amide bonds. The third-order valence-corrected chi connectivity index (χ3v) is 2.84. The first-order chi connectivity index (χ1) is 10.7. The number of nitro groups is 1. The molecular formula is C14H8F3NO5. The van der Waals surface area contributed by atoms with Crippen LogP contribution in [0.2, 0.25) is 0 Å². The first-order valence-corrected chi connectivity index (χ1v) is 6.05. The van der Waals surface area contributed by atoms with Gasteiger partial charge in [0.1, 0.15) is 5.75 Å². The maximum absolute atomic E-state index is 12.1. The van der Waals surface area contributed by atoms with Gasteiger partial charge in [-0.3, -0.25) is 10.1 Å². The number of halogens is 3. The van der Waals surface area contributed by atoms with E-state index in [9.17, 15) is 28.1 Å². The average molecular weight is 327 g/mol. The highest BCUT2D eigenvalue weighted by Gasteiger charge is 2.31. The van der Waals surface area contributed by atoms with Gasteiger partial charge in [-0.1, -0.05) is 12.1 Å². The van der Waals surface area contributed by atoms with Gasteiger partial charge in [-0.05, 0) is 29.3 Å². The van der Waals surface area contributed by atoms with Crippen molar-refractivity contribution < 1.29 is 32.7 Å². The second-order valence-electron chi connectivity index (χ2n) is 4.36. The van der Waals surface area contributed by atoms with E-state index >= 15 is 0 Å². The van der Waals surface area contributed by atoms with Gasteiger partial charge < -0.3 is 9.84 Å². The van der Waals surface area contributed by atoms with E-state index in [4.69, 9.17) is 5.11 Å². The largest absolute Gasteiger partial charge is 0.573 e. The van der Waals surface area contributed by atoms with Gasteiger partial charge in [0.05, 0.1) is 10.5 Å². The van der Waals surface area contributed by atoms with Crippen LogP contribution in [0.25, 0.3) is 11.1 Å². The number of ether oxygens (including phenoxy) is 1. The highest BCUT2D eigenvalue weighted by molar-refractivity contribution is 5.96. The molecule has 2 aromatic rings. The number of alkyl halides is 3. The molecule has 0 aliphatic rings. The number of hydrogen-bond acceptors (Lipinski definition) is 4. The lowest BCUT2D eigenvalue weighted by Gasteiger charge is -2.10. The summed E-state index contributed by atoms with van der Waals surface area (Å²) >= 11 is 0. The molecular weight excluding hydrogens is 319 g/mol. The van der Waals surface area contributed by atoms with Crippen molar-refractivity contribution in [3.63, 3.8) is 0 Å². The van der Waals surface area contributed by atoms with E-state index in [2.05, 4.69) is 4.74 Å². The third-order valence-electron chi connectivity index (χ3n) is 2.84. The number of nitro benzene ring substituents is 1. The molecule has 0 saturated carbocycles. The van der Waals surface area contributed by atoms with E-state index in [1.54, 1.807) is 0 Å². The Kier molecular flexibility index (Phi) is 4.21. The van der Waals surface area contributed by atoms with E-state index < -0.39 is 28.7 Å². The highest BCUT2D eigenvalue weighted by Crippen LogP contribution is 2.30. The van der Waals surface area contributed by atoms with Gasteiger partial charge in [-0.2, -0.15) is 0 Å². The fourth-order valence-electron chi connectivity index (χ4n) is 1.91. The summed E-state index contributed by atoms with van der Waals surface area (Å²) < 4.78 is 40.0. The van der Waals surface area contributed by atoms with E-state index in [0.717, 1.165) is 24.3 Å². The maximum atomic E-state index is 12.1. The summed E-state index contributed by atoms with van der Waals surface area (Å²) in [7, 11) is 0. The van der Waals surface area contributed by atoms with Gasteiger partial charge in [0.25, 0.3) is 5.69 Å². The van der Waals surface area contributed by atoms with Crippen molar-refractivity contribution in [2.75, 3.05) is 0 Å². The molecule has 23 heavy (non-hydrogen) atoms. The van der Waals surface area contributed by atoms with Crippen LogP contribution in [-0.4, -0.2) is 22.4 Å². The van der Waals surface area contributed by atoms with E-state index in [1.165, 1.54) is 18.2 Å². The molecule has 6 nitrogen and oxygen atoms in total. The lowest BCUT2D eigenvalue weighted by atomic mass is 9.99. The molecule has 0 aromatic heterocycles. The number of non-ortho nitro benzene ring substituents is 1. The predicted molar refractivity (Wildman–Crippen MR) is 72.2 cm³/mol. The Bertz CT molecular complexity index is 756. The van der Waals surface area contributed by atoms with E-state index in [1.807, 2.05) is 0 Å². The molecule has 2 rings (SSSR count). The standard InChI is InChI=1S/C14H8F3NO5/c15-14(16,17)23-10-4-1-8(2-5-10)11-6-3-9(18(21)22)7-12(11)13(19)20/h1-7H,(H,19,20). The van der Waals surface area contributed by atoms with Crippen LogP contribution in [-0.2, 0) is 0 Å². The number of carbonyl (C=O) groups is 1. The molecule has 0 radical (unpaired) electrons. The lowest BCUT2D eigenvalue weighted by Crippen LogP contribution is -2.16. The minimum Gasteiger partial charge on any atom is -0.478 e. The molecule has 0 unspecified atom stereocenters. The molecule has 0 heterocycles. The topological polar surface area (TPSA) is 89.7 Å². The molecule has 0 spiro atoms. The minimum atomic E-state index is -4.83. The fraction of sp³-hybridized carbons (Fsp3) is 0.0714. The average Bonchev–Trinajstić information content (AvgIpc) is 2.45. The summed E-state index contributed by atoms with van der Waals surface area (Å²) in [6, 6.07) is 7.73. The summed E-state index contributed by atoms with van der Waals surface area (Å²) in [6.07, 6.45) is -4.83.